The van der Waals surface area contributed by atoms with Crippen molar-refractivity contribution in [3.8, 4) is 0 Å². The quantitative estimate of drug-likeness (QED) is 0.0377. The van der Waals surface area contributed by atoms with Gasteiger partial charge in [0.2, 0.25) is 23.6 Å². The van der Waals surface area contributed by atoms with E-state index in [1.807, 2.05) is 0 Å². The van der Waals surface area contributed by atoms with Crippen molar-refractivity contribution < 1.29 is 180 Å². The predicted octanol–water partition coefficient (Wildman–Crippen LogP) is -14.5. The molecule has 514 valence electrons. The predicted molar refractivity (Wildman–Crippen MR) is 273 cm³/mol. The second-order valence-electron chi connectivity index (χ2n) is 21.7. The molecule has 22 N–H and O–H groups in total. The molecule has 0 aliphatic carbocycles. The minimum Gasteiger partial charge on any atom is -0.477 e. The number of aliphatic hydroxyl groups is 16. The third kappa shape index (κ3) is 17.5. The lowest BCUT2D eigenvalue weighted by Crippen LogP contribution is -2.71. The van der Waals surface area contributed by atoms with E-state index in [1.54, 1.807) is 0 Å². The lowest BCUT2D eigenvalue weighted by molar-refractivity contribution is -0.385. The SMILES string of the molecule is CC(=O)N[C@H]1[C@H](OC[C@H]2OC(O)[C@H](NC(C)=O)[C@@H](O[C@@H]3O[C@H](CO)[C@@H](O[C@@H]4O[C@H](CO)[C@H](O)[C@H](O[C@]5(C(=O)O)C[C@H](O)[C@@H](NC(C)=O)[C@H]([C@H](O)[C@H](O)CO)O5)[C@H]4O)[C@H](O)[C@H]3NC(C)=O)[C@H]2O)O[C@H](CO)[C@@H](O[C@@H]2O[C@H](COS(=O)(=O)O)[C@H](O)[C@H](O)[C@H]2O)[C@@H]1O. The Hall–Kier alpha value is -3.86. The summed E-state index contributed by atoms with van der Waals surface area (Å²) in [6.07, 6.45) is -54.9. The van der Waals surface area contributed by atoms with Crippen LogP contribution in [-0.2, 0) is 90.7 Å². The molecule has 0 saturated carbocycles. The second-order valence-corrected chi connectivity index (χ2v) is 22.8. The molecule has 0 aromatic rings. The molecule has 4 amide bonds. The van der Waals surface area contributed by atoms with Crippen molar-refractivity contribution >= 4 is 40.0 Å². The zero-order valence-corrected chi connectivity index (χ0v) is 48.3. The van der Waals surface area contributed by atoms with Gasteiger partial charge in [0, 0.05) is 34.1 Å². The molecule has 31 atom stereocenters. The third-order valence-corrected chi connectivity index (χ3v) is 15.6. The van der Waals surface area contributed by atoms with E-state index in [0.717, 1.165) is 27.7 Å². The Morgan fingerprint density at radius 2 is 0.966 bits per heavy atom. The van der Waals surface area contributed by atoms with Gasteiger partial charge in [0.05, 0.1) is 51.8 Å². The normalized spacial score (nSPS) is 43.7. The van der Waals surface area contributed by atoms with Crippen LogP contribution >= 0.6 is 0 Å². The van der Waals surface area contributed by atoms with Crippen LogP contribution in [0.25, 0.3) is 0 Å². The Morgan fingerprint density at radius 1 is 0.517 bits per heavy atom. The number of hydrogen-bond acceptors (Lipinski definition) is 35. The molecule has 42 heteroatoms. The first kappa shape index (κ1) is 74.2. The fourth-order valence-corrected chi connectivity index (χ4v) is 11.2. The molecule has 0 aromatic heterocycles. The Bertz CT molecular complexity index is 2480. The summed E-state index contributed by atoms with van der Waals surface area (Å²) < 4.78 is 98.9. The number of carbonyl (C=O) groups excluding carboxylic acids is 4. The monoisotopic (exact) mass is 1320 g/mol. The Labute approximate surface area is 503 Å². The number of nitrogens with one attached hydrogen (secondary N) is 4. The first-order valence-corrected chi connectivity index (χ1v) is 28.7. The molecule has 6 aliphatic heterocycles. The molecule has 0 aromatic carbocycles. The fraction of sp³-hybridized carbons (Fsp3) is 0.894. The summed E-state index contributed by atoms with van der Waals surface area (Å²) in [5, 5.41) is 195. The number of aliphatic carboxylic acids is 1. The van der Waals surface area contributed by atoms with Crippen LogP contribution in [0.3, 0.4) is 0 Å². The maximum absolute atomic E-state index is 13.1. The molecule has 41 nitrogen and oxygen atoms in total. The van der Waals surface area contributed by atoms with Crippen LogP contribution in [0.1, 0.15) is 34.1 Å². The minimum atomic E-state index is -5.13. The first-order valence-electron chi connectivity index (χ1n) is 27.4. The maximum atomic E-state index is 13.1. The summed E-state index contributed by atoms with van der Waals surface area (Å²) in [7, 11) is -5.13. The van der Waals surface area contributed by atoms with E-state index in [1.165, 1.54) is 0 Å². The van der Waals surface area contributed by atoms with Crippen LogP contribution in [0.5, 0.6) is 0 Å². The molecule has 6 rings (SSSR count). The van der Waals surface area contributed by atoms with Crippen molar-refractivity contribution in [2.75, 3.05) is 39.6 Å². The molecular weight excluding hydrogens is 1240 g/mol. The van der Waals surface area contributed by atoms with Gasteiger partial charge >= 0.3 is 16.4 Å². The molecule has 0 spiro atoms. The molecule has 0 radical (unpaired) electrons. The van der Waals surface area contributed by atoms with E-state index < -0.39 is 276 Å². The van der Waals surface area contributed by atoms with Crippen LogP contribution in [0, 0.1) is 0 Å². The van der Waals surface area contributed by atoms with Crippen molar-refractivity contribution in [3.63, 3.8) is 0 Å². The van der Waals surface area contributed by atoms with Crippen LogP contribution in [0.15, 0.2) is 0 Å². The van der Waals surface area contributed by atoms with Gasteiger partial charge in [-0.05, 0) is 0 Å². The van der Waals surface area contributed by atoms with Gasteiger partial charge in [0.1, 0.15) is 140 Å². The van der Waals surface area contributed by atoms with Crippen molar-refractivity contribution in [1.29, 1.82) is 0 Å². The summed E-state index contributed by atoms with van der Waals surface area (Å²) in [6.45, 7) is -2.73. The van der Waals surface area contributed by atoms with E-state index in [-0.39, 0.29) is 0 Å². The van der Waals surface area contributed by atoms with Crippen LogP contribution < -0.4 is 21.3 Å². The highest BCUT2D eigenvalue weighted by atomic mass is 32.3. The number of rotatable bonds is 25. The van der Waals surface area contributed by atoms with Gasteiger partial charge < -0.3 is 160 Å². The standard InChI is InChI=1S/C47H78N4O37S/c1-12(56)48-23-16(60)5-47(46(72)73,87-39(23)27(62)17(61)6-52)88-40-29(64)18(7-53)80-45(35(40)70)85-37-20(9-55)82-43(25(32(37)67)50-14(3)58)86-38-26(51-15(4)59)41(71)79-21(30(38)65)10-77-42-24(49-13(2)57)31(66)36(19(8-54)81-42)84-44-34(69)33(68)28(63)22(83-44)11-78-89(74,75)76/h16-45,52-55,60-71H,5-11H2,1-4H3,(H,48,56)(H,49,57)(H,50,58)(H,51,59)(H,72,73)(H,74,75,76)/t16-,17+,18+,19+,20+,21+,22+,23+,24+,25+,26+,27+,28-,29-,30-,31+,32+,33-,34+,35+,36+,37+,38+,39+,40-,41?,42+,43-,44-,45-,47-/m0/s1. The van der Waals surface area contributed by atoms with Gasteiger partial charge in [0.15, 0.2) is 31.5 Å². The fourth-order valence-electron chi connectivity index (χ4n) is 10.9. The molecule has 1 unspecified atom stereocenters. The largest absolute Gasteiger partial charge is 0.477 e. The summed E-state index contributed by atoms with van der Waals surface area (Å²) in [6, 6.07) is -7.14. The van der Waals surface area contributed by atoms with E-state index in [9.17, 15) is 119 Å². The number of carbonyl (C=O) groups is 5. The number of carboxylic acid groups (broad SMARTS) is 1. The Morgan fingerprint density at radius 3 is 1.47 bits per heavy atom. The van der Waals surface area contributed by atoms with Gasteiger partial charge in [-0.15, -0.1) is 0 Å². The van der Waals surface area contributed by atoms with Gasteiger partial charge in [-0.25, -0.2) is 8.98 Å². The maximum Gasteiger partial charge on any atom is 0.397 e. The molecule has 6 aliphatic rings. The van der Waals surface area contributed by atoms with Crippen LogP contribution in [0.2, 0.25) is 0 Å². The van der Waals surface area contributed by atoms with Gasteiger partial charge in [0.25, 0.3) is 5.79 Å². The van der Waals surface area contributed by atoms with Crippen LogP contribution in [-0.4, -0.2) is 359 Å². The molecule has 89 heavy (non-hydrogen) atoms. The number of amides is 4. The molecular formula is C47H78N4O37S. The van der Waals surface area contributed by atoms with Crippen molar-refractivity contribution in [1.82, 2.24) is 21.3 Å². The number of aliphatic hydroxyl groups excluding tert-OH is 16. The summed E-state index contributed by atoms with van der Waals surface area (Å²) >= 11 is 0. The smallest absolute Gasteiger partial charge is 0.397 e. The zero-order valence-electron chi connectivity index (χ0n) is 47.5. The topological polar surface area (TPSA) is 643 Å². The highest BCUT2D eigenvalue weighted by Gasteiger charge is 2.61. The number of ether oxygens (including phenoxy) is 11. The average molecular weight is 1320 g/mol. The summed E-state index contributed by atoms with van der Waals surface area (Å²) in [5.41, 5.74) is 0. The molecule has 6 fully saturated rings. The van der Waals surface area contributed by atoms with Crippen LogP contribution in [0.4, 0.5) is 0 Å². The van der Waals surface area contributed by atoms with Crippen molar-refractivity contribution in [3.05, 3.63) is 0 Å². The highest BCUT2D eigenvalue weighted by molar-refractivity contribution is 7.80. The minimum absolute atomic E-state index is 0.840. The second kappa shape index (κ2) is 31.4. The Kier molecular flexibility index (Phi) is 26.2. The van der Waals surface area contributed by atoms with E-state index >= 15 is 0 Å². The lowest BCUT2D eigenvalue weighted by Gasteiger charge is -2.51. The summed E-state index contributed by atoms with van der Waals surface area (Å²) in [5.74, 6) is -8.84. The zero-order chi connectivity index (χ0) is 66.5. The number of hydrogen-bond donors (Lipinski definition) is 22. The van der Waals surface area contributed by atoms with E-state index in [2.05, 4.69) is 25.5 Å². The van der Waals surface area contributed by atoms with Gasteiger partial charge in [-0.2, -0.15) is 8.42 Å². The van der Waals surface area contributed by atoms with E-state index in [0.29, 0.717) is 0 Å². The third-order valence-electron chi connectivity index (χ3n) is 15.2. The summed E-state index contributed by atoms with van der Waals surface area (Å²) in [4.78, 5) is 63.0. The van der Waals surface area contributed by atoms with Crippen molar-refractivity contribution in [2.24, 2.45) is 0 Å². The Balaban J connectivity index is 1.22. The number of carboxylic acids is 1. The van der Waals surface area contributed by atoms with Crippen molar-refractivity contribution in [2.45, 2.75) is 224 Å². The lowest BCUT2D eigenvalue weighted by atomic mass is 9.88. The van der Waals surface area contributed by atoms with E-state index in [4.69, 9.17) is 56.7 Å². The average Bonchev–Trinajstić information content (AvgIpc) is 0.907. The highest BCUT2D eigenvalue weighted by Crippen LogP contribution is 2.40. The molecule has 6 saturated heterocycles. The first-order chi connectivity index (χ1) is 41.6. The van der Waals surface area contributed by atoms with Gasteiger partial charge in [-0.3, -0.25) is 23.7 Å². The van der Waals surface area contributed by atoms with Gasteiger partial charge in [-0.1, -0.05) is 0 Å². The molecule has 0 bridgehead atoms. The molecule has 6 heterocycles.